The fraction of sp³-hybridized carbons (Fsp3) is 0.273. The SMILES string of the molecule is CC(CN)n1ccc2cc(F)c(Cl)cc21. The quantitative estimate of drug-likeness (QED) is 0.839. The van der Waals surface area contributed by atoms with Crippen molar-refractivity contribution in [3.63, 3.8) is 0 Å². The largest absolute Gasteiger partial charge is 0.343 e. The van der Waals surface area contributed by atoms with Gasteiger partial charge in [0, 0.05) is 29.7 Å². The van der Waals surface area contributed by atoms with Crippen LogP contribution in [-0.2, 0) is 0 Å². The number of halogens is 2. The maximum absolute atomic E-state index is 13.2. The molecule has 4 heteroatoms. The highest BCUT2D eigenvalue weighted by molar-refractivity contribution is 6.31. The zero-order chi connectivity index (χ0) is 11.0. The second kappa shape index (κ2) is 3.83. The van der Waals surface area contributed by atoms with Crippen LogP contribution in [0.2, 0.25) is 5.02 Å². The van der Waals surface area contributed by atoms with Gasteiger partial charge in [-0.2, -0.15) is 0 Å². The molecular weight excluding hydrogens is 215 g/mol. The molecule has 0 aliphatic carbocycles. The van der Waals surface area contributed by atoms with Crippen molar-refractivity contribution < 1.29 is 4.39 Å². The van der Waals surface area contributed by atoms with Crippen molar-refractivity contribution in [3.05, 3.63) is 35.2 Å². The van der Waals surface area contributed by atoms with E-state index in [1.807, 2.05) is 23.8 Å². The molecule has 0 bridgehead atoms. The van der Waals surface area contributed by atoms with E-state index in [0.29, 0.717) is 6.54 Å². The molecule has 1 atom stereocenters. The summed E-state index contributed by atoms with van der Waals surface area (Å²) in [7, 11) is 0. The van der Waals surface area contributed by atoms with Gasteiger partial charge in [0.25, 0.3) is 0 Å². The van der Waals surface area contributed by atoms with Crippen LogP contribution in [0, 0.1) is 5.82 Å². The summed E-state index contributed by atoms with van der Waals surface area (Å²) in [5, 5.41) is 0.990. The highest BCUT2D eigenvalue weighted by Gasteiger charge is 2.09. The van der Waals surface area contributed by atoms with Crippen LogP contribution in [0.25, 0.3) is 10.9 Å². The molecule has 2 rings (SSSR count). The third-order valence-corrected chi connectivity index (χ3v) is 2.87. The minimum atomic E-state index is -0.387. The van der Waals surface area contributed by atoms with E-state index < -0.39 is 0 Å². The first-order chi connectivity index (χ1) is 7.13. The zero-order valence-corrected chi connectivity index (χ0v) is 9.13. The first-order valence-electron chi connectivity index (χ1n) is 4.79. The summed E-state index contributed by atoms with van der Waals surface area (Å²) in [5.74, 6) is -0.387. The lowest BCUT2D eigenvalue weighted by molar-refractivity contribution is 0.576. The minimum Gasteiger partial charge on any atom is -0.343 e. The van der Waals surface area contributed by atoms with Gasteiger partial charge in [0.15, 0.2) is 0 Å². The minimum absolute atomic E-state index is 0.145. The molecule has 0 aliphatic rings. The summed E-state index contributed by atoms with van der Waals surface area (Å²) in [4.78, 5) is 0. The van der Waals surface area contributed by atoms with Crippen LogP contribution in [0.15, 0.2) is 24.4 Å². The zero-order valence-electron chi connectivity index (χ0n) is 8.37. The summed E-state index contributed by atoms with van der Waals surface area (Å²) < 4.78 is 15.2. The first kappa shape index (κ1) is 10.5. The van der Waals surface area contributed by atoms with Crippen molar-refractivity contribution in [1.29, 1.82) is 0 Å². The van der Waals surface area contributed by atoms with Crippen LogP contribution < -0.4 is 5.73 Å². The Kier molecular flexibility index (Phi) is 2.67. The van der Waals surface area contributed by atoms with E-state index in [2.05, 4.69) is 0 Å². The molecule has 1 aromatic carbocycles. The molecule has 0 fully saturated rings. The van der Waals surface area contributed by atoms with E-state index in [9.17, 15) is 4.39 Å². The van der Waals surface area contributed by atoms with Gasteiger partial charge in [0.1, 0.15) is 5.82 Å². The molecule has 15 heavy (non-hydrogen) atoms. The maximum atomic E-state index is 13.2. The fourth-order valence-electron chi connectivity index (χ4n) is 1.65. The summed E-state index contributed by atoms with van der Waals surface area (Å²) in [6.07, 6.45) is 1.90. The van der Waals surface area contributed by atoms with Crippen molar-refractivity contribution >= 4 is 22.5 Å². The molecule has 1 heterocycles. The van der Waals surface area contributed by atoms with Crippen LogP contribution in [0.3, 0.4) is 0 Å². The summed E-state index contributed by atoms with van der Waals surface area (Å²) in [5.41, 5.74) is 6.51. The molecule has 0 saturated heterocycles. The van der Waals surface area contributed by atoms with E-state index in [4.69, 9.17) is 17.3 Å². The Balaban J connectivity index is 2.64. The van der Waals surface area contributed by atoms with Gasteiger partial charge in [-0.15, -0.1) is 0 Å². The van der Waals surface area contributed by atoms with Gasteiger partial charge < -0.3 is 10.3 Å². The van der Waals surface area contributed by atoms with Crippen LogP contribution in [0.1, 0.15) is 13.0 Å². The number of fused-ring (bicyclic) bond motifs is 1. The average Bonchev–Trinajstić information content (AvgIpc) is 2.61. The molecule has 1 unspecified atom stereocenters. The number of benzene rings is 1. The molecule has 80 valence electrons. The molecule has 0 spiro atoms. The lowest BCUT2D eigenvalue weighted by Crippen LogP contribution is -2.14. The molecule has 2 aromatic rings. The molecule has 2 N–H and O–H groups in total. The van der Waals surface area contributed by atoms with Gasteiger partial charge in [0.05, 0.1) is 5.02 Å². The monoisotopic (exact) mass is 226 g/mol. The van der Waals surface area contributed by atoms with Crippen molar-refractivity contribution in [2.24, 2.45) is 5.73 Å². The lowest BCUT2D eigenvalue weighted by Gasteiger charge is -2.12. The number of rotatable bonds is 2. The molecule has 0 radical (unpaired) electrons. The summed E-state index contributed by atoms with van der Waals surface area (Å²) >= 11 is 5.74. The van der Waals surface area contributed by atoms with Crippen LogP contribution in [-0.4, -0.2) is 11.1 Å². The van der Waals surface area contributed by atoms with Crippen LogP contribution >= 0.6 is 11.6 Å². The molecular formula is C11H12ClFN2. The Morgan fingerprint density at radius 3 is 2.93 bits per heavy atom. The fourth-order valence-corrected chi connectivity index (χ4v) is 1.81. The Hall–Kier alpha value is -1.06. The topological polar surface area (TPSA) is 30.9 Å². The Morgan fingerprint density at radius 1 is 1.53 bits per heavy atom. The first-order valence-corrected chi connectivity index (χ1v) is 5.17. The van der Waals surface area contributed by atoms with Gasteiger partial charge in [-0.1, -0.05) is 11.6 Å². The van der Waals surface area contributed by atoms with Crippen molar-refractivity contribution in [3.8, 4) is 0 Å². The van der Waals surface area contributed by atoms with Crippen molar-refractivity contribution in [2.45, 2.75) is 13.0 Å². The standard InChI is InChI=1S/C11H12ClFN2/c1-7(6-14)15-3-2-8-4-10(13)9(12)5-11(8)15/h2-5,7H,6,14H2,1H3. The third-order valence-electron chi connectivity index (χ3n) is 2.58. The van der Waals surface area contributed by atoms with Crippen molar-refractivity contribution in [2.75, 3.05) is 6.54 Å². The predicted octanol–water partition coefficient (Wildman–Crippen LogP) is 2.95. The average molecular weight is 227 g/mol. The van der Waals surface area contributed by atoms with E-state index in [1.54, 1.807) is 6.07 Å². The number of nitrogens with zero attached hydrogens (tertiary/aromatic N) is 1. The highest BCUT2D eigenvalue weighted by atomic mass is 35.5. The molecule has 0 amide bonds. The third kappa shape index (κ3) is 1.73. The lowest BCUT2D eigenvalue weighted by atomic mass is 10.2. The van der Waals surface area contributed by atoms with Crippen LogP contribution in [0.4, 0.5) is 4.39 Å². The van der Waals surface area contributed by atoms with E-state index >= 15 is 0 Å². The number of aromatic nitrogens is 1. The van der Waals surface area contributed by atoms with Crippen LogP contribution in [0.5, 0.6) is 0 Å². The van der Waals surface area contributed by atoms with Crippen molar-refractivity contribution in [1.82, 2.24) is 4.57 Å². The number of hydrogen-bond acceptors (Lipinski definition) is 1. The van der Waals surface area contributed by atoms with Gasteiger partial charge in [-0.25, -0.2) is 4.39 Å². The van der Waals surface area contributed by atoms with Gasteiger partial charge in [-0.05, 0) is 25.1 Å². The number of nitrogens with two attached hydrogens (primary N) is 1. The van der Waals surface area contributed by atoms with Gasteiger partial charge in [-0.3, -0.25) is 0 Å². The number of hydrogen-bond donors (Lipinski definition) is 1. The summed E-state index contributed by atoms with van der Waals surface area (Å²) in [6, 6.07) is 5.13. The maximum Gasteiger partial charge on any atom is 0.142 e. The molecule has 1 aromatic heterocycles. The normalized spacial score (nSPS) is 13.3. The summed E-state index contributed by atoms with van der Waals surface area (Å²) in [6.45, 7) is 2.55. The predicted molar refractivity (Wildman–Crippen MR) is 60.7 cm³/mol. The molecule has 0 saturated carbocycles. The van der Waals surface area contributed by atoms with E-state index in [1.165, 1.54) is 6.07 Å². The highest BCUT2D eigenvalue weighted by Crippen LogP contribution is 2.25. The van der Waals surface area contributed by atoms with E-state index in [-0.39, 0.29) is 16.9 Å². The molecule has 0 aliphatic heterocycles. The second-order valence-corrected chi connectivity index (χ2v) is 4.04. The Labute approximate surface area is 92.4 Å². The second-order valence-electron chi connectivity index (χ2n) is 3.63. The molecule has 2 nitrogen and oxygen atoms in total. The van der Waals surface area contributed by atoms with Gasteiger partial charge in [0.2, 0.25) is 0 Å². The Bertz CT molecular complexity index is 493. The van der Waals surface area contributed by atoms with E-state index in [0.717, 1.165) is 10.9 Å². The Morgan fingerprint density at radius 2 is 2.27 bits per heavy atom. The van der Waals surface area contributed by atoms with Gasteiger partial charge >= 0.3 is 0 Å². The smallest absolute Gasteiger partial charge is 0.142 e.